The third kappa shape index (κ3) is 2.12. The minimum atomic E-state index is 0.0257. The molecule has 0 aliphatic carbocycles. The van der Waals surface area contributed by atoms with Crippen LogP contribution in [-0.2, 0) is 11.8 Å². The van der Waals surface area contributed by atoms with Gasteiger partial charge in [-0.1, -0.05) is 0 Å². The molecule has 4 rings (SSSR count). The van der Waals surface area contributed by atoms with Gasteiger partial charge in [0.05, 0.1) is 0 Å². The molecule has 118 valence electrons. The average molecular weight is 302 g/mol. The Labute approximate surface area is 130 Å². The van der Waals surface area contributed by atoms with Gasteiger partial charge < -0.3 is 14.4 Å². The first-order valence-electron chi connectivity index (χ1n) is 8.19. The Kier molecular flexibility index (Phi) is 3.20. The summed E-state index contributed by atoms with van der Waals surface area (Å²) in [5.74, 6) is 1.70. The van der Waals surface area contributed by atoms with Gasteiger partial charge in [-0.05, 0) is 31.1 Å². The van der Waals surface area contributed by atoms with E-state index in [1.807, 2.05) is 11.9 Å². The van der Waals surface area contributed by atoms with E-state index in [-0.39, 0.29) is 5.91 Å². The molecule has 22 heavy (non-hydrogen) atoms. The van der Waals surface area contributed by atoms with E-state index in [9.17, 15) is 9.59 Å². The Morgan fingerprint density at radius 1 is 1.32 bits per heavy atom. The Morgan fingerprint density at radius 3 is 2.95 bits per heavy atom. The standard InChI is InChI=1S/C16H22N4O2/c1-18-6-5-17-15(18)16(22)19-8-11-7-12(10-19)13-3-2-4-14(21)20(13)9-11/h5-6,11-13H,2-4,7-10H2,1H3/t11-,12-,13-/m1/s1. The van der Waals surface area contributed by atoms with Gasteiger partial charge >= 0.3 is 0 Å². The number of piperidine rings is 3. The molecule has 0 saturated carbocycles. The summed E-state index contributed by atoms with van der Waals surface area (Å²) in [6.07, 6.45) is 7.41. The summed E-state index contributed by atoms with van der Waals surface area (Å²) in [4.78, 5) is 33.1. The summed E-state index contributed by atoms with van der Waals surface area (Å²) in [5, 5.41) is 0. The Morgan fingerprint density at radius 2 is 2.18 bits per heavy atom. The molecule has 3 fully saturated rings. The molecular formula is C16H22N4O2. The minimum Gasteiger partial charge on any atom is -0.339 e. The molecule has 0 aromatic carbocycles. The van der Waals surface area contributed by atoms with Crippen molar-refractivity contribution in [1.82, 2.24) is 19.4 Å². The van der Waals surface area contributed by atoms with Crippen LogP contribution in [0.3, 0.4) is 0 Å². The van der Waals surface area contributed by atoms with Gasteiger partial charge in [0.15, 0.2) is 5.82 Å². The molecule has 0 radical (unpaired) electrons. The van der Waals surface area contributed by atoms with Gasteiger partial charge in [-0.25, -0.2) is 4.98 Å². The summed E-state index contributed by atoms with van der Waals surface area (Å²) in [7, 11) is 1.85. The molecule has 3 atom stereocenters. The van der Waals surface area contributed by atoms with Gasteiger partial charge in [0.25, 0.3) is 5.91 Å². The first kappa shape index (κ1) is 13.8. The second-order valence-corrected chi connectivity index (χ2v) is 6.94. The number of hydrogen-bond donors (Lipinski definition) is 0. The zero-order valence-electron chi connectivity index (χ0n) is 12.9. The first-order valence-corrected chi connectivity index (χ1v) is 8.19. The monoisotopic (exact) mass is 302 g/mol. The van der Waals surface area contributed by atoms with E-state index in [0.29, 0.717) is 36.0 Å². The van der Waals surface area contributed by atoms with Crippen molar-refractivity contribution in [3.63, 3.8) is 0 Å². The van der Waals surface area contributed by atoms with Gasteiger partial charge in [-0.2, -0.15) is 0 Å². The van der Waals surface area contributed by atoms with Gasteiger partial charge in [0, 0.05) is 51.5 Å². The first-order chi connectivity index (χ1) is 10.6. The average Bonchev–Trinajstić information content (AvgIpc) is 2.93. The summed E-state index contributed by atoms with van der Waals surface area (Å²) in [6.45, 7) is 2.33. The van der Waals surface area contributed by atoms with E-state index in [4.69, 9.17) is 0 Å². The molecule has 0 N–H and O–H groups in total. The summed E-state index contributed by atoms with van der Waals surface area (Å²) >= 11 is 0. The van der Waals surface area contributed by atoms with E-state index in [1.54, 1.807) is 17.0 Å². The van der Waals surface area contributed by atoms with Crippen LogP contribution in [0.4, 0.5) is 0 Å². The van der Waals surface area contributed by atoms with E-state index >= 15 is 0 Å². The smallest absolute Gasteiger partial charge is 0.289 e. The number of amides is 2. The number of likely N-dealkylation sites (tertiary alicyclic amines) is 1. The molecule has 6 heteroatoms. The highest BCUT2D eigenvalue weighted by Crippen LogP contribution is 2.38. The molecule has 3 aliphatic rings. The minimum absolute atomic E-state index is 0.0257. The maximum absolute atomic E-state index is 12.7. The molecular weight excluding hydrogens is 280 g/mol. The maximum Gasteiger partial charge on any atom is 0.289 e. The highest BCUT2D eigenvalue weighted by molar-refractivity contribution is 5.91. The lowest BCUT2D eigenvalue weighted by Gasteiger charge is -2.52. The SMILES string of the molecule is Cn1ccnc1C(=O)N1C[C@H]2C[C@H](C1)[C@H]1CCCC(=O)N1C2. The summed E-state index contributed by atoms with van der Waals surface area (Å²) < 4.78 is 1.78. The van der Waals surface area contributed by atoms with Gasteiger partial charge in [0.2, 0.25) is 5.91 Å². The second kappa shape index (κ2) is 5.11. The number of carbonyl (C=O) groups excluding carboxylic acids is 2. The lowest BCUT2D eigenvalue weighted by molar-refractivity contribution is -0.144. The zero-order chi connectivity index (χ0) is 15.3. The predicted molar refractivity (Wildman–Crippen MR) is 80.1 cm³/mol. The van der Waals surface area contributed by atoms with Crippen LogP contribution < -0.4 is 0 Å². The topological polar surface area (TPSA) is 58.4 Å². The highest BCUT2D eigenvalue weighted by atomic mass is 16.2. The molecule has 2 bridgehead atoms. The van der Waals surface area contributed by atoms with Crippen LogP contribution in [0.1, 0.15) is 36.3 Å². The van der Waals surface area contributed by atoms with Crippen LogP contribution in [-0.4, -0.2) is 56.8 Å². The predicted octanol–water partition coefficient (Wildman–Crippen LogP) is 0.893. The fraction of sp³-hybridized carbons (Fsp3) is 0.688. The summed E-state index contributed by atoms with van der Waals surface area (Å²) in [6, 6.07) is 0.342. The summed E-state index contributed by atoms with van der Waals surface area (Å²) in [5.41, 5.74) is 0. The van der Waals surface area contributed by atoms with Crippen molar-refractivity contribution in [1.29, 1.82) is 0 Å². The van der Waals surface area contributed by atoms with Crippen LogP contribution in [0.5, 0.6) is 0 Å². The third-order valence-corrected chi connectivity index (χ3v) is 5.48. The molecule has 2 amide bonds. The third-order valence-electron chi connectivity index (χ3n) is 5.48. The van der Waals surface area contributed by atoms with Gasteiger partial charge in [-0.3, -0.25) is 9.59 Å². The normalized spacial score (nSPS) is 31.1. The van der Waals surface area contributed by atoms with Crippen molar-refractivity contribution in [2.45, 2.75) is 31.7 Å². The highest BCUT2D eigenvalue weighted by Gasteiger charge is 2.45. The van der Waals surface area contributed by atoms with Crippen LogP contribution in [0.2, 0.25) is 0 Å². The van der Waals surface area contributed by atoms with Crippen LogP contribution >= 0.6 is 0 Å². The number of carbonyl (C=O) groups is 2. The van der Waals surface area contributed by atoms with Crippen LogP contribution in [0, 0.1) is 11.8 Å². The van der Waals surface area contributed by atoms with E-state index < -0.39 is 0 Å². The van der Waals surface area contributed by atoms with E-state index in [0.717, 1.165) is 38.9 Å². The number of imidazole rings is 1. The molecule has 0 spiro atoms. The fourth-order valence-corrected chi connectivity index (χ4v) is 4.49. The number of aromatic nitrogens is 2. The number of hydrogen-bond acceptors (Lipinski definition) is 3. The molecule has 1 aromatic heterocycles. The molecule has 4 heterocycles. The largest absolute Gasteiger partial charge is 0.339 e. The molecule has 3 saturated heterocycles. The lowest BCUT2D eigenvalue weighted by Crippen LogP contribution is -2.61. The van der Waals surface area contributed by atoms with Crippen LogP contribution in [0.25, 0.3) is 0 Å². The molecule has 3 aliphatic heterocycles. The van der Waals surface area contributed by atoms with Crippen LogP contribution in [0.15, 0.2) is 12.4 Å². The van der Waals surface area contributed by atoms with Gasteiger partial charge in [0.1, 0.15) is 0 Å². The van der Waals surface area contributed by atoms with Crippen molar-refractivity contribution < 1.29 is 9.59 Å². The molecule has 1 aromatic rings. The Hall–Kier alpha value is -1.85. The van der Waals surface area contributed by atoms with E-state index in [2.05, 4.69) is 9.88 Å². The number of fused-ring (bicyclic) bond motifs is 4. The Bertz CT molecular complexity index is 611. The van der Waals surface area contributed by atoms with Crippen molar-refractivity contribution in [2.24, 2.45) is 18.9 Å². The Balaban J connectivity index is 1.54. The van der Waals surface area contributed by atoms with Crippen molar-refractivity contribution in [3.05, 3.63) is 18.2 Å². The molecule has 0 unspecified atom stereocenters. The number of nitrogens with zero attached hydrogens (tertiary/aromatic N) is 4. The van der Waals surface area contributed by atoms with E-state index in [1.165, 1.54) is 0 Å². The number of aryl methyl sites for hydroxylation is 1. The molecule has 6 nitrogen and oxygen atoms in total. The van der Waals surface area contributed by atoms with Crippen molar-refractivity contribution >= 4 is 11.8 Å². The van der Waals surface area contributed by atoms with Crippen molar-refractivity contribution in [2.75, 3.05) is 19.6 Å². The number of rotatable bonds is 1. The second-order valence-electron chi connectivity index (χ2n) is 6.94. The lowest BCUT2D eigenvalue weighted by atomic mass is 9.76. The maximum atomic E-state index is 12.7. The zero-order valence-corrected chi connectivity index (χ0v) is 12.9. The quantitative estimate of drug-likeness (QED) is 0.774. The van der Waals surface area contributed by atoms with Gasteiger partial charge in [-0.15, -0.1) is 0 Å². The fourth-order valence-electron chi connectivity index (χ4n) is 4.49. The van der Waals surface area contributed by atoms with Crippen molar-refractivity contribution in [3.8, 4) is 0 Å².